The Morgan fingerprint density at radius 1 is 0.839 bits per heavy atom. The minimum atomic E-state index is -3.71. The molecule has 0 heterocycles. The number of anilines is 1. The van der Waals surface area contributed by atoms with Crippen LogP contribution in [-0.2, 0) is 24.8 Å². The maximum Gasteiger partial charge on any atom is 0.255 e. The standard InChI is InChI=1S/C20H27N3O6S2/c1-14(2)22-30(25,26)18-9-5-16(6-10-18)20(24)21-17-7-11-19(12-8-17)31(27,28)23-15(3)13-29-4/h5-12,14-15,22-23H,13H2,1-4H3,(H,21,24). The highest BCUT2D eigenvalue weighted by molar-refractivity contribution is 7.89. The second kappa shape index (κ2) is 10.3. The molecule has 1 unspecified atom stereocenters. The first kappa shape index (κ1) is 25.0. The number of sulfonamides is 2. The molecule has 0 aliphatic carbocycles. The minimum Gasteiger partial charge on any atom is -0.383 e. The third-order valence-corrected chi connectivity index (χ3v) is 7.29. The Kier molecular flexibility index (Phi) is 8.32. The molecule has 0 aliphatic rings. The number of nitrogens with one attached hydrogen (secondary N) is 3. The van der Waals surface area contributed by atoms with Gasteiger partial charge in [-0.1, -0.05) is 0 Å². The number of benzene rings is 2. The van der Waals surface area contributed by atoms with E-state index in [2.05, 4.69) is 14.8 Å². The SMILES string of the molecule is COCC(C)NS(=O)(=O)c1ccc(NC(=O)c2ccc(S(=O)(=O)NC(C)C)cc2)cc1. The molecule has 1 atom stereocenters. The van der Waals surface area contributed by atoms with Crippen molar-refractivity contribution in [1.82, 2.24) is 9.44 Å². The molecular formula is C20H27N3O6S2. The van der Waals surface area contributed by atoms with E-state index in [0.717, 1.165) is 0 Å². The van der Waals surface area contributed by atoms with E-state index in [9.17, 15) is 21.6 Å². The zero-order chi connectivity index (χ0) is 23.2. The van der Waals surface area contributed by atoms with Gasteiger partial charge in [-0.15, -0.1) is 0 Å². The van der Waals surface area contributed by atoms with Crippen molar-refractivity contribution in [3.05, 3.63) is 54.1 Å². The minimum absolute atomic E-state index is 0.0562. The van der Waals surface area contributed by atoms with E-state index >= 15 is 0 Å². The van der Waals surface area contributed by atoms with E-state index in [4.69, 9.17) is 4.74 Å². The maximum atomic E-state index is 12.4. The molecule has 0 fully saturated rings. The average Bonchev–Trinajstić information content (AvgIpc) is 2.67. The number of rotatable bonds is 10. The molecule has 1 amide bonds. The number of carbonyl (C=O) groups is 1. The summed E-state index contributed by atoms with van der Waals surface area (Å²) in [5.74, 6) is -0.455. The van der Waals surface area contributed by atoms with Gasteiger partial charge in [-0.25, -0.2) is 26.3 Å². The molecule has 31 heavy (non-hydrogen) atoms. The first-order valence-electron chi connectivity index (χ1n) is 9.49. The molecule has 11 heteroatoms. The van der Waals surface area contributed by atoms with Crippen molar-refractivity contribution in [2.75, 3.05) is 19.0 Å². The van der Waals surface area contributed by atoms with Gasteiger partial charge in [-0.05, 0) is 69.3 Å². The summed E-state index contributed by atoms with van der Waals surface area (Å²) >= 11 is 0. The predicted molar refractivity (Wildman–Crippen MR) is 118 cm³/mol. The third kappa shape index (κ3) is 7.11. The summed E-state index contributed by atoms with van der Waals surface area (Å²) in [4.78, 5) is 12.5. The van der Waals surface area contributed by atoms with Crippen LogP contribution in [0.2, 0.25) is 0 Å². The van der Waals surface area contributed by atoms with Gasteiger partial charge in [-0.3, -0.25) is 4.79 Å². The van der Waals surface area contributed by atoms with Crippen LogP contribution >= 0.6 is 0 Å². The number of amides is 1. The molecule has 0 aliphatic heterocycles. The Bertz CT molecular complexity index is 1100. The van der Waals surface area contributed by atoms with Crippen LogP contribution in [0.1, 0.15) is 31.1 Å². The molecule has 2 rings (SSSR count). The Morgan fingerprint density at radius 3 is 1.81 bits per heavy atom. The van der Waals surface area contributed by atoms with Gasteiger partial charge in [0.2, 0.25) is 20.0 Å². The summed E-state index contributed by atoms with van der Waals surface area (Å²) in [7, 11) is -5.87. The predicted octanol–water partition coefficient (Wildman–Crippen LogP) is 1.94. The van der Waals surface area contributed by atoms with E-state index < -0.39 is 32.0 Å². The lowest BCUT2D eigenvalue weighted by atomic mass is 10.2. The van der Waals surface area contributed by atoms with Gasteiger partial charge in [0, 0.05) is 30.4 Å². The van der Waals surface area contributed by atoms with Gasteiger partial charge in [-0.2, -0.15) is 0 Å². The molecule has 9 nitrogen and oxygen atoms in total. The molecular weight excluding hydrogens is 442 g/mol. The van der Waals surface area contributed by atoms with Gasteiger partial charge in [0.1, 0.15) is 0 Å². The fourth-order valence-electron chi connectivity index (χ4n) is 2.70. The topological polar surface area (TPSA) is 131 Å². The molecule has 0 aromatic heterocycles. The molecule has 0 radical (unpaired) electrons. The highest BCUT2D eigenvalue weighted by Crippen LogP contribution is 2.17. The first-order valence-corrected chi connectivity index (χ1v) is 12.5. The van der Waals surface area contributed by atoms with Gasteiger partial charge in [0.05, 0.1) is 16.4 Å². The first-order chi connectivity index (χ1) is 14.4. The molecule has 2 aromatic carbocycles. The number of carbonyl (C=O) groups excluding carboxylic acids is 1. The lowest BCUT2D eigenvalue weighted by Gasteiger charge is -2.13. The van der Waals surface area contributed by atoms with Crippen molar-refractivity contribution in [3.63, 3.8) is 0 Å². The zero-order valence-electron chi connectivity index (χ0n) is 17.7. The van der Waals surface area contributed by atoms with Crippen molar-refractivity contribution in [1.29, 1.82) is 0 Å². The summed E-state index contributed by atoms with van der Waals surface area (Å²) in [6, 6.07) is 10.6. The average molecular weight is 470 g/mol. The number of ether oxygens (including phenoxy) is 1. The lowest BCUT2D eigenvalue weighted by Crippen LogP contribution is -2.35. The summed E-state index contributed by atoms with van der Waals surface area (Å²) in [5.41, 5.74) is 0.655. The van der Waals surface area contributed by atoms with Crippen LogP contribution in [0.3, 0.4) is 0 Å². The van der Waals surface area contributed by atoms with Crippen LogP contribution < -0.4 is 14.8 Å². The number of methoxy groups -OCH3 is 1. The van der Waals surface area contributed by atoms with Crippen molar-refractivity contribution in [2.24, 2.45) is 0 Å². The molecule has 0 saturated carbocycles. The molecule has 0 saturated heterocycles. The molecule has 2 aromatic rings. The van der Waals surface area contributed by atoms with Gasteiger partial charge in [0.15, 0.2) is 0 Å². The highest BCUT2D eigenvalue weighted by Gasteiger charge is 2.18. The van der Waals surface area contributed by atoms with Crippen LogP contribution in [0.15, 0.2) is 58.3 Å². The van der Waals surface area contributed by atoms with Crippen LogP contribution in [-0.4, -0.2) is 48.5 Å². The smallest absolute Gasteiger partial charge is 0.255 e. The summed E-state index contributed by atoms with van der Waals surface area (Å²) in [6.45, 7) is 5.35. The maximum absolute atomic E-state index is 12.4. The normalized spacial score (nSPS) is 13.2. The molecule has 0 spiro atoms. The zero-order valence-corrected chi connectivity index (χ0v) is 19.4. The van der Waals surface area contributed by atoms with Crippen LogP contribution in [0.4, 0.5) is 5.69 Å². The number of hydrogen-bond acceptors (Lipinski definition) is 6. The summed E-state index contributed by atoms with van der Waals surface area (Å²) < 4.78 is 58.9. The summed E-state index contributed by atoms with van der Waals surface area (Å²) in [6.07, 6.45) is 0. The lowest BCUT2D eigenvalue weighted by molar-refractivity contribution is 0.102. The van der Waals surface area contributed by atoms with E-state index in [1.54, 1.807) is 20.8 Å². The Hall–Kier alpha value is -2.31. The molecule has 3 N–H and O–H groups in total. The fourth-order valence-corrected chi connectivity index (χ4v) is 5.18. The van der Waals surface area contributed by atoms with Crippen molar-refractivity contribution < 1.29 is 26.4 Å². The van der Waals surface area contributed by atoms with Crippen molar-refractivity contribution in [2.45, 2.75) is 42.6 Å². The highest BCUT2D eigenvalue weighted by atomic mass is 32.2. The molecule has 170 valence electrons. The summed E-state index contributed by atoms with van der Waals surface area (Å²) in [5, 5.41) is 2.65. The van der Waals surface area contributed by atoms with Crippen LogP contribution in [0.5, 0.6) is 0 Å². The van der Waals surface area contributed by atoms with Gasteiger partial charge < -0.3 is 10.1 Å². The van der Waals surface area contributed by atoms with E-state index in [1.807, 2.05) is 0 Å². The Labute approximate surface area is 183 Å². The van der Waals surface area contributed by atoms with Crippen molar-refractivity contribution >= 4 is 31.6 Å². The van der Waals surface area contributed by atoms with Crippen LogP contribution in [0.25, 0.3) is 0 Å². The van der Waals surface area contributed by atoms with E-state index in [0.29, 0.717) is 5.69 Å². The second-order valence-electron chi connectivity index (χ2n) is 7.26. The quantitative estimate of drug-likeness (QED) is 0.487. The Balaban J connectivity index is 2.07. The van der Waals surface area contributed by atoms with E-state index in [-0.39, 0.29) is 28.0 Å². The third-order valence-electron chi connectivity index (χ3n) is 4.01. The Morgan fingerprint density at radius 2 is 1.32 bits per heavy atom. The monoisotopic (exact) mass is 469 g/mol. The van der Waals surface area contributed by atoms with Crippen LogP contribution in [0, 0.1) is 0 Å². The largest absolute Gasteiger partial charge is 0.383 e. The number of hydrogen-bond donors (Lipinski definition) is 3. The van der Waals surface area contributed by atoms with E-state index in [1.165, 1.54) is 55.6 Å². The van der Waals surface area contributed by atoms with Gasteiger partial charge in [0.25, 0.3) is 5.91 Å². The van der Waals surface area contributed by atoms with Crippen molar-refractivity contribution in [3.8, 4) is 0 Å². The fraction of sp³-hybridized carbons (Fsp3) is 0.350. The molecule has 0 bridgehead atoms. The second-order valence-corrected chi connectivity index (χ2v) is 10.7. The van der Waals surface area contributed by atoms with Gasteiger partial charge >= 0.3 is 0 Å².